The van der Waals surface area contributed by atoms with Crippen LogP contribution in [0.3, 0.4) is 0 Å². The molecular weight excluding hydrogens is 293 g/mol. The van der Waals surface area contributed by atoms with Crippen molar-refractivity contribution in [3.05, 3.63) is 29.3 Å². The maximum atomic E-state index is 10.8. The van der Waals surface area contributed by atoms with E-state index in [1.54, 1.807) is 12.1 Å². The van der Waals surface area contributed by atoms with Gasteiger partial charge in [0.25, 0.3) is 0 Å². The van der Waals surface area contributed by atoms with E-state index in [4.69, 9.17) is 5.11 Å². The minimum atomic E-state index is -0.858. The molecule has 74 valence electrons. The van der Waals surface area contributed by atoms with Crippen molar-refractivity contribution in [1.82, 2.24) is 0 Å². The molecule has 0 saturated carbocycles. The summed E-state index contributed by atoms with van der Waals surface area (Å²) in [6, 6.07) is 5.35. The zero-order valence-electron chi connectivity index (χ0n) is 7.53. The normalized spacial score (nSPS) is 15.1. The molecule has 0 amide bonds. The van der Waals surface area contributed by atoms with Crippen LogP contribution in [0.15, 0.2) is 18.2 Å². The number of aromatic carboxylic acids is 1. The number of benzene rings is 1. The number of carboxylic acids is 1. The molecule has 4 heteroatoms. The fraction of sp³-hybridized carbons (Fsp3) is 0.300. The van der Waals surface area contributed by atoms with Gasteiger partial charge < -0.3 is 8.22 Å². The van der Waals surface area contributed by atoms with E-state index in [1.165, 1.54) is 5.56 Å². The van der Waals surface area contributed by atoms with Gasteiger partial charge in [-0.3, -0.25) is 0 Å². The SMILES string of the molecule is O=C(O)c1ccc2c(c1)N(I)CCC2. The fourth-order valence-electron chi connectivity index (χ4n) is 1.66. The number of hydrogen-bond donors (Lipinski definition) is 1. The Labute approximate surface area is 96.2 Å². The van der Waals surface area contributed by atoms with Gasteiger partial charge in [0.05, 0.1) is 28.4 Å². The summed E-state index contributed by atoms with van der Waals surface area (Å²) >= 11 is 2.23. The predicted molar refractivity (Wildman–Crippen MR) is 63.1 cm³/mol. The number of carboxylic acid groups (broad SMARTS) is 1. The molecule has 0 aliphatic carbocycles. The number of rotatable bonds is 1. The van der Waals surface area contributed by atoms with E-state index in [0.717, 1.165) is 25.1 Å². The monoisotopic (exact) mass is 303 g/mol. The summed E-state index contributed by atoms with van der Waals surface area (Å²) < 4.78 is 2.09. The van der Waals surface area contributed by atoms with Crippen molar-refractivity contribution in [2.24, 2.45) is 0 Å². The van der Waals surface area contributed by atoms with Crippen molar-refractivity contribution in [2.75, 3.05) is 9.66 Å². The topological polar surface area (TPSA) is 40.5 Å². The van der Waals surface area contributed by atoms with Crippen molar-refractivity contribution in [1.29, 1.82) is 0 Å². The molecule has 0 spiro atoms. The van der Waals surface area contributed by atoms with Gasteiger partial charge in [0.2, 0.25) is 0 Å². The third-order valence-corrected chi connectivity index (χ3v) is 3.40. The molecular formula is C10H10INO2. The number of nitrogens with zero attached hydrogens (tertiary/aromatic N) is 1. The molecule has 0 unspecified atom stereocenters. The van der Waals surface area contributed by atoms with Gasteiger partial charge in [-0.05, 0) is 30.5 Å². The zero-order chi connectivity index (χ0) is 10.1. The lowest BCUT2D eigenvalue weighted by Crippen LogP contribution is -2.19. The Kier molecular flexibility index (Phi) is 2.62. The second-order valence-corrected chi connectivity index (χ2v) is 4.50. The van der Waals surface area contributed by atoms with Crippen molar-refractivity contribution in [3.8, 4) is 0 Å². The van der Waals surface area contributed by atoms with Crippen LogP contribution in [0.2, 0.25) is 0 Å². The van der Waals surface area contributed by atoms with Gasteiger partial charge in [-0.1, -0.05) is 6.07 Å². The maximum Gasteiger partial charge on any atom is 0.335 e. The smallest absolute Gasteiger partial charge is 0.335 e. The number of anilines is 1. The van der Waals surface area contributed by atoms with Gasteiger partial charge in [-0.2, -0.15) is 0 Å². The summed E-state index contributed by atoms with van der Waals surface area (Å²) in [6.07, 6.45) is 2.19. The van der Waals surface area contributed by atoms with Crippen molar-refractivity contribution < 1.29 is 9.90 Å². The molecule has 0 aromatic heterocycles. The van der Waals surface area contributed by atoms with E-state index in [9.17, 15) is 4.79 Å². The molecule has 0 saturated heterocycles. The number of aryl methyl sites for hydroxylation is 1. The molecule has 0 atom stereocenters. The first kappa shape index (κ1) is 9.76. The first-order chi connectivity index (χ1) is 6.68. The maximum absolute atomic E-state index is 10.8. The van der Waals surface area contributed by atoms with Crippen LogP contribution in [-0.2, 0) is 6.42 Å². The average Bonchev–Trinajstić information content (AvgIpc) is 2.18. The van der Waals surface area contributed by atoms with Crippen LogP contribution in [-0.4, -0.2) is 17.6 Å². The van der Waals surface area contributed by atoms with E-state index in [1.807, 2.05) is 6.07 Å². The molecule has 0 radical (unpaired) electrons. The van der Waals surface area contributed by atoms with Gasteiger partial charge in [0.15, 0.2) is 0 Å². The average molecular weight is 303 g/mol. The minimum absolute atomic E-state index is 0.368. The number of hydrogen-bond acceptors (Lipinski definition) is 2. The third-order valence-electron chi connectivity index (χ3n) is 2.39. The van der Waals surface area contributed by atoms with Crippen LogP contribution in [0, 0.1) is 0 Å². The van der Waals surface area contributed by atoms with Gasteiger partial charge in [0.1, 0.15) is 0 Å². The first-order valence-corrected chi connectivity index (χ1v) is 5.44. The zero-order valence-corrected chi connectivity index (χ0v) is 9.69. The molecule has 2 rings (SSSR count). The van der Waals surface area contributed by atoms with Crippen LogP contribution in [0.25, 0.3) is 0 Å². The van der Waals surface area contributed by atoms with Gasteiger partial charge in [-0.25, -0.2) is 4.79 Å². The molecule has 1 N–H and O–H groups in total. The standard InChI is InChI=1S/C10H10INO2/c11-12-5-1-2-7-3-4-8(10(13)14)6-9(7)12/h3-4,6H,1-2,5H2,(H,13,14). The van der Waals surface area contributed by atoms with Gasteiger partial charge >= 0.3 is 5.97 Å². The lowest BCUT2D eigenvalue weighted by atomic mass is 10.0. The number of fused-ring (bicyclic) bond motifs is 1. The van der Waals surface area contributed by atoms with E-state index in [0.29, 0.717) is 5.56 Å². The highest BCUT2D eigenvalue weighted by molar-refractivity contribution is 14.1. The largest absolute Gasteiger partial charge is 0.478 e. The molecule has 1 aliphatic heterocycles. The van der Waals surface area contributed by atoms with Gasteiger partial charge in [-0.15, -0.1) is 0 Å². The highest BCUT2D eigenvalue weighted by atomic mass is 127. The van der Waals surface area contributed by atoms with E-state index in [-0.39, 0.29) is 0 Å². The second kappa shape index (κ2) is 3.76. The van der Waals surface area contributed by atoms with Crippen molar-refractivity contribution in [3.63, 3.8) is 0 Å². The Morgan fingerprint density at radius 2 is 2.29 bits per heavy atom. The summed E-state index contributed by atoms with van der Waals surface area (Å²) in [5.74, 6) is -0.858. The Morgan fingerprint density at radius 1 is 1.50 bits per heavy atom. The Balaban J connectivity index is 2.45. The second-order valence-electron chi connectivity index (χ2n) is 3.34. The molecule has 0 fully saturated rings. The van der Waals surface area contributed by atoms with E-state index in [2.05, 4.69) is 26.0 Å². The Morgan fingerprint density at radius 3 is 3.00 bits per heavy atom. The summed E-state index contributed by atoms with van der Waals surface area (Å²) in [5.41, 5.74) is 2.67. The summed E-state index contributed by atoms with van der Waals surface area (Å²) in [6.45, 7) is 0.997. The number of carbonyl (C=O) groups is 1. The van der Waals surface area contributed by atoms with Crippen molar-refractivity contribution in [2.45, 2.75) is 12.8 Å². The number of halogens is 1. The Hall–Kier alpha value is -0.780. The quantitative estimate of drug-likeness (QED) is 0.640. The molecule has 0 bridgehead atoms. The molecule has 3 nitrogen and oxygen atoms in total. The van der Waals surface area contributed by atoms with Crippen LogP contribution in [0.5, 0.6) is 0 Å². The van der Waals surface area contributed by atoms with E-state index < -0.39 is 5.97 Å². The first-order valence-electron chi connectivity index (χ1n) is 4.48. The Bertz CT molecular complexity index is 378. The predicted octanol–water partition coefficient (Wildman–Crippen LogP) is 2.49. The summed E-state index contributed by atoms with van der Waals surface area (Å²) in [5, 5.41) is 8.85. The summed E-state index contributed by atoms with van der Waals surface area (Å²) in [7, 11) is 0. The van der Waals surface area contributed by atoms with Crippen molar-refractivity contribution >= 4 is 34.5 Å². The molecule has 1 aliphatic rings. The lowest BCUT2D eigenvalue weighted by Gasteiger charge is -2.25. The third kappa shape index (κ3) is 1.70. The fourth-order valence-corrected chi connectivity index (χ4v) is 2.45. The molecule has 14 heavy (non-hydrogen) atoms. The lowest BCUT2D eigenvalue weighted by molar-refractivity contribution is 0.0697. The van der Waals surface area contributed by atoms with Crippen LogP contribution in [0.1, 0.15) is 22.3 Å². The van der Waals surface area contributed by atoms with E-state index >= 15 is 0 Å². The highest BCUT2D eigenvalue weighted by Crippen LogP contribution is 2.30. The molecule has 1 aromatic carbocycles. The molecule has 1 aromatic rings. The van der Waals surface area contributed by atoms with Crippen LogP contribution in [0.4, 0.5) is 5.69 Å². The highest BCUT2D eigenvalue weighted by Gasteiger charge is 2.16. The van der Waals surface area contributed by atoms with Crippen LogP contribution >= 0.6 is 22.9 Å². The summed E-state index contributed by atoms with van der Waals surface area (Å²) in [4.78, 5) is 10.8. The van der Waals surface area contributed by atoms with Crippen LogP contribution < -0.4 is 3.11 Å². The molecule has 1 heterocycles. The minimum Gasteiger partial charge on any atom is -0.478 e. The van der Waals surface area contributed by atoms with Gasteiger partial charge in [0, 0.05) is 12.2 Å².